The van der Waals surface area contributed by atoms with Gasteiger partial charge in [-0.05, 0) is 86.7 Å². The number of nitrogens with one attached hydrogen (secondary N) is 1. The lowest BCUT2D eigenvalue weighted by Gasteiger charge is -2.33. The lowest BCUT2D eigenvalue weighted by molar-refractivity contribution is -0.125. The van der Waals surface area contributed by atoms with Crippen LogP contribution in [-0.4, -0.2) is 75.2 Å². The molecule has 2 aromatic heterocycles. The van der Waals surface area contributed by atoms with Gasteiger partial charge in [0.2, 0.25) is 5.91 Å². The number of hydrogen-bond donors (Lipinski definition) is 2. The molecule has 0 saturated carbocycles. The number of likely N-dealkylation sites (tertiary alicyclic amines) is 1. The van der Waals surface area contributed by atoms with Crippen LogP contribution in [0.5, 0.6) is 0 Å². The summed E-state index contributed by atoms with van der Waals surface area (Å²) in [6, 6.07) is 11.3. The van der Waals surface area contributed by atoms with E-state index in [0.717, 1.165) is 28.3 Å². The van der Waals surface area contributed by atoms with Gasteiger partial charge in [0.1, 0.15) is 18.5 Å². The zero-order valence-corrected chi connectivity index (χ0v) is 29.4. The first-order valence-corrected chi connectivity index (χ1v) is 19.8. The van der Waals surface area contributed by atoms with Crippen LogP contribution in [0.4, 0.5) is 4.79 Å². The fraction of sp³-hybridized carbons (Fsp3) is 0.471. The lowest BCUT2D eigenvalue weighted by atomic mass is 10.0. The number of benzene rings is 1. The van der Waals surface area contributed by atoms with E-state index >= 15 is 0 Å². The molecule has 1 atom stereocenters. The Labute approximate surface area is 277 Å². The Morgan fingerprint density at radius 3 is 2.46 bits per heavy atom. The van der Waals surface area contributed by atoms with Crippen LogP contribution in [0.15, 0.2) is 55.0 Å². The van der Waals surface area contributed by atoms with Gasteiger partial charge in [-0.15, -0.1) is 0 Å². The average Bonchev–Trinajstić information content (AvgIpc) is 3.64. The van der Waals surface area contributed by atoms with Gasteiger partial charge in [-0.2, -0.15) is 0 Å². The minimum Gasteiger partial charge on any atom is -0.465 e. The standard InChI is InChI=1S/C34H46ClN5O5Si/c1-34(2,3)40(33(43)44)22-25-9-10-28(35)18-26(25)20-37-31(41)29-8-7-15-39(29)32(42)30-19-27(24-11-13-36-14-12-24)21-38(30)23-45-16-17-46(4,5)6/h9-14,18-19,21,29H,7-8,15-17,20,22-23H2,1-6H3,(H,37,41)(H,43,44). The second-order valence-electron chi connectivity index (χ2n) is 14.0. The predicted molar refractivity (Wildman–Crippen MR) is 182 cm³/mol. The Morgan fingerprint density at radius 1 is 1.09 bits per heavy atom. The molecule has 3 amide bonds. The van der Waals surface area contributed by atoms with E-state index in [1.807, 2.05) is 49.7 Å². The smallest absolute Gasteiger partial charge is 0.408 e. The number of carboxylic acid groups (broad SMARTS) is 1. The highest BCUT2D eigenvalue weighted by atomic mass is 35.5. The highest BCUT2D eigenvalue weighted by molar-refractivity contribution is 6.76. The van der Waals surface area contributed by atoms with E-state index in [-0.39, 0.29) is 31.6 Å². The van der Waals surface area contributed by atoms with Gasteiger partial charge in [0.05, 0.1) is 0 Å². The van der Waals surface area contributed by atoms with E-state index in [0.29, 0.717) is 36.7 Å². The summed E-state index contributed by atoms with van der Waals surface area (Å²) in [7, 11) is -1.28. The van der Waals surface area contributed by atoms with Gasteiger partial charge < -0.3 is 24.6 Å². The fourth-order valence-electron chi connectivity index (χ4n) is 5.44. The van der Waals surface area contributed by atoms with E-state index in [1.165, 1.54) is 4.90 Å². The number of amides is 3. The number of ether oxygens (including phenoxy) is 1. The Kier molecular flexibility index (Phi) is 11.3. The predicted octanol–water partition coefficient (Wildman–Crippen LogP) is 6.72. The van der Waals surface area contributed by atoms with Crippen molar-refractivity contribution >= 4 is 37.6 Å². The second kappa shape index (κ2) is 14.8. The number of pyridine rings is 1. The minimum atomic E-state index is -1.28. The summed E-state index contributed by atoms with van der Waals surface area (Å²) in [4.78, 5) is 46.7. The molecule has 1 fully saturated rings. The summed E-state index contributed by atoms with van der Waals surface area (Å²) in [6.07, 6.45) is 5.56. The SMILES string of the molecule is CC(C)(C)N(Cc1ccc(Cl)cc1CNC(=O)C1CCCN1C(=O)c1cc(-c2ccncc2)cn1COCC[Si](C)(C)C)C(=O)O. The van der Waals surface area contributed by atoms with Crippen molar-refractivity contribution in [2.24, 2.45) is 0 Å². The Balaban J connectivity index is 1.51. The van der Waals surface area contributed by atoms with Crippen molar-refractivity contribution in [2.75, 3.05) is 13.2 Å². The summed E-state index contributed by atoms with van der Waals surface area (Å²) < 4.78 is 7.86. The summed E-state index contributed by atoms with van der Waals surface area (Å²) in [5.41, 5.74) is 3.12. The number of carbonyl (C=O) groups excluding carboxylic acids is 2. The zero-order valence-electron chi connectivity index (χ0n) is 27.7. The van der Waals surface area contributed by atoms with Crippen molar-refractivity contribution in [3.8, 4) is 11.1 Å². The van der Waals surface area contributed by atoms with Crippen LogP contribution in [0, 0.1) is 0 Å². The van der Waals surface area contributed by atoms with Gasteiger partial charge in [0.15, 0.2) is 0 Å². The van der Waals surface area contributed by atoms with Crippen LogP contribution in [0.3, 0.4) is 0 Å². The minimum absolute atomic E-state index is 0.145. The maximum absolute atomic E-state index is 14.1. The van der Waals surface area contributed by atoms with Gasteiger partial charge in [0, 0.05) is 69.0 Å². The van der Waals surface area contributed by atoms with Crippen LogP contribution in [0.25, 0.3) is 11.1 Å². The molecule has 1 aromatic carbocycles. The fourth-order valence-corrected chi connectivity index (χ4v) is 6.40. The van der Waals surface area contributed by atoms with E-state index in [1.54, 1.807) is 35.5 Å². The third-order valence-electron chi connectivity index (χ3n) is 8.16. The molecule has 1 saturated heterocycles. The summed E-state index contributed by atoms with van der Waals surface area (Å²) >= 11 is 6.30. The maximum Gasteiger partial charge on any atom is 0.408 e. The molecule has 3 aromatic rings. The molecule has 0 radical (unpaired) electrons. The van der Waals surface area contributed by atoms with E-state index < -0.39 is 25.7 Å². The summed E-state index contributed by atoms with van der Waals surface area (Å²) in [5, 5.41) is 13.3. The first-order valence-electron chi connectivity index (χ1n) is 15.7. The Bertz CT molecular complexity index is 1530. The molecular formula is C34H46ClN5O5Si. The van der Waals surface area contributed by atoms with Crippen molar-refractivity contribution in [2.45, 2.75) is 90.7 Å². The molecule has 0 aliphatic carbocycles. The summed E-state index contributed by atoms with van der Waals surface area (Å²) in [6.45, 7) is 14.0. The monoisotopic (exact) mass is 667 g/mol. The lowest BCUT2D eigenvalue weighted by Crippen LogP contribution is -2.46. The van der Waals surface area contributed by atoms with Crippen LogP contribution in [0.2, 0.25) is 30.7 Å². The Hall–Kier alpha value is -3.67. The maximum atomic E-state index is 14.1. The molecule has 1 unspecified atom stereocenters. The molecular weight excluding hydrogens is 622 g/mol. The number of aromatic nitrogens is 2. The first-order chi connectivity index (χ1) is 21.6. The molecule has 0 spiro atoms. The quantitative estimate of drug-likeness (QED) is 0.164. The van der Waals surface area contributed by atoms with Gasteiger partial charge in [-0.25, -0.2) is 4.79 Å². The highest BCUT2D eigenvalue weighted by Gasteiger charge is 2.36. The molecule has 1 aliphatic heterocycles. The molecule has 0 bridgehead atoms. The molecule has 3 heterocycles. The molecule has 12 heteroatoms. The van der Waals surface area contributed by atoms with Gasteiger partial charge in [-0.1, -0.05) is 37.3 Å². The molecule has 46 heavy (non-hydrogen) atoms. The topological polar surface area (TPSA) is 117 Å². The van der Waals surface area contributed by atoms with Crippen LogP contribution in [0.1, 0.15) is 55.2 Å². The highest BCUT2D eigenvalue weighted by Crippen LogP contribution is 2.27. The summed E-state index contributed by atoms with van der Waals surface area (Å²) in [5.74, 6) is -0.487. The largest absolute Gasteiger partial charge is 0.465 e. The van der Waals surface area contributed by atoms with E-state index in [2.05, 4.69) is 29.9 Å². The molecule has 10 nitrogen and oxygen atoms in total. The van der Waals surface area contributed by atoms with E-state index in [4.69, 9.17) is 16.3 Å². The van der Waals surface area contributed by atoms with Crippen LogP contribution in [-0.2, 0) is 29.4 Å². The zero-order chi connectivity index (χ0) is 33.6. The molecule has 2 N–H and O–H groups in total. The first kappa shape index (κ1) is 35.2. The number of nitrogens with zero attached hydrogens (tertiary/aromatic N) is 4. The number of hydrogen-bond acceptors (Lipinski definition) is 5. The van der Waals surface area contributed by atoms with Crippen molar-refractivity contribution in [3.05, 3.63) is 76.8 Å². The second-order valence-corrected chi connectivity index (χ2v) is 20.1. The van der Waals surface area contributed by atoms with Crippen molar-refractivity contribution in [1.29, 1.82) is 0 Å². The third-order valence-corrected chi connectivity index (χ3v) is 10.1. The van der Waals surface area contributed by atoms with Crippen LogP contribution < -0.4 is 5.32 Å². The van der Waals surface area contributed by atoms with Gasteiger partial charge in [-0.3, -0.25) is 19.5 Å². The number of carbonyl (C=O) groups is 3. The van der Waals surface area contributed by atoms with Gasteiger partial charge in [0.25, 0.3) is 5.91 Å². The number of rotatable bonds is 12. The normalized spacial score (nSPS) is 15.2. The van der Waals surface area contributed by atoms with E-state index in [9.17, 15) is 19.5 Å². The van der Waals surface area contributed by atoms with Crippen molar-refractivity contribution in [3.63, 3.8) is 0 Å². The third kappa shape index (κ3) is 9.20. The van der Waals surface area contributed by atoms with Crippen molar-refractivity contribution in [1.82, 2.24) is 24.7 Å². The average molecular weight is 668 g/mol. The van der Waals surface area contributed by atoms with Crippen LogP contribution >= 0.6 is 11.6 Å². The Morgan fingerprint density at radius 2 is 1.80 bits per heavy atom. The van der Waals surface area contributed by atoms with Gasteiger partial charge >= 0.3 is 6.09 Å². The molecule has 4 rings (SSSR count). The molecule has 1 aliphatic rings. The van der Waals surface area contributed by atoms with Crippen molar-refractivity contribution < 1.29 is 24.2 Å². The molecule has 248 valence electrons. The number of halogens is 1.